The Balaban J connectivity index is 1.43. The van der Waals surface area contributed by atoms with E-state index in [1.807, 2.05) is 6.92 Å². The SMILES string of the molecule is CC(c1ccc([C@H](C)Nc2nccc(N3C(=O)OC[C@@H]3[C@@H](C)O)n2)cc1)N1CCNCC1. The van der Waals surface area contributed by atoms with Gasteiger partial charge in [0.15, 0.2) is 0 Å². The van der Waals surface area contributed by atoms with E-state index in [0.717, 1.165) is 31.7 Å². The number of aromatic nitrogens is 2. The molecule has 4 atom stereocenters. The van der Waals surface area contributed by atoms with E-state index in [2.05, 4.69) is 56.7 Å². The first-order valence-electron chi connectivity index (χ1n) is 11.2. The molecule has 2 saturated heterocycles. The third-order valence-electron chi connectivity index (χ3n) is 6.31. The van der Waals surface area contributed by atoms with Crippen LogP contribution in [-0.4, -0.2) is 71.0 Å². The van der Waals surface area contributed by atoms with Crippen molar-refractivity contribution in [3.05, 3.63) is 47.7 Å². The second-order valence-electron chi connectivity index (χ2n) is 8.49. The van der Waals surface area contributed by atoms with Gasteiger partial charge in [-0.05, 0) is 38.0 Å². The molecule has 2 fully saturated rings. The lowest BCUT2D eigenvalue weighted by molar-refractivity contribution is 0.142. The highest BCUT2D eigenvalue weighted by atomic mass is 16.6. The van der Waals surface area contributed by atoms with Crippen LogP contribution < -0.4 is 15.5 Å². The Hall–Kier alpha value is -2.75. The Bertz CT molecular complexity index is 916. The summed E-state index contributed by atoms with van der Waals surface area (Å²) in [7, 11) is 0. The second-order valence-corrected chi connectivity index (χ2v) is 8.49. The largest absolute Gasteiger partial charge is 0.447 e. The van der Waals surface area contributed by atoms with Crippen LogP contribution in [0.1, 0.15) is 44.0 Å². The van der Waals surface area contributed by atoms with Gasteiger partial charge in [0.05, 0.1) is 12.1 Å². The summed E-state index contributed by atoms with van der Waals surface area (Å²) in [5.41, 5.74) is 2.43. The maximum Gasteiger partial charge on any atom is 0.416 e. The zero-order valence-corrected chi connectivity index (χ0v) is 18.9. The van der Waals surface area contributed by atoms with Crippen LogP contribution in [0.25, 0.3) is 0 Å². The molecule has 0 radical (unpaired) electrons. The van der Waals surface area contributed by atoms with E-state index >= 15 is 0 Å². The fraction of sp³-hybridized carbons (Fsp3) is 0.522. The topological polar surface area (TPSA) is 103 Å². The Morgan fingerprint density at radius 3 is 2.50 bits per heavy atom. The summed E-state index contributed by atoms with van der Waals surface area (Å²) in [4.78, 5) is 24.8. The average molecular weight is 441 g/mol. The number of anilines is 2. The quantitative estimate of drug-likeness (QED) is 0.603. The summed E-state index contributed by atoms with van der Waals surface area (Å²) in [6, 6.07) is 10.2. The Labute approximate surface area is 188 Å². The number of carbonyl (C=O) groups is 1. The predicted molar refractivity (Wildman–Crippen MR) is 123 cm³/mol. The number of nitrogens with zero attached hydrogens (tertiary/aromatic N) is 4. The van der Waals surface area contributed by atoms with Crippen molar-refractivity contribution < 1.29 is 14.6 Å². The molecule has 0 aliphatic carbocycles. The van der Waals surface area contributed by atoms with Crippen LogP contribution in [0, 0.1) is 0 Å². The molecule has 2 aliphatic rings. The van der Waals surface area contributed by atoms with Crippen molar-refractivity contribution in [2.45, 2.75) is 45.0 Å². The fourth-order valence-corrected chi connectivity index (χ4v) is 4.23. The molecule has 0 saturated carbocycles. The summed E-state index contributed by atoms with van der Waals surface area (Å²) < 4.78 is 5.10. The van der Waals surface area contributed by atoms with E-state index in [-0.39, 0.29) is 12.6 Å². The smallest absolute Gasteiger partial charge is 0.416 e. The number of amides is 1. The number of piperazine rings is 1. The van der Waals surface area contributed by atoms with Gasteiger partial charge in [0, 0.05) is 38.4 Å². The highest BCUT2D eigenvalue weighted by Crippen LogP contribution is 2.26. The van der Waals surface area contributed by atoms with Crippen molar-refractivity contribution in [1.82, 2.24) is 20.2 Å². The molecule has 32 heavy (non-hydrogen) atoms. The number of aliphatic hydroxyl groups is 1. The maximum absolute atomic E-state index is 12.2. The van der Waals surface area contributed by atoms with Gasteiger partial charge in [-0.25, -0.2) is 9.78 Å². The number of ether oxygens (including phenoxy) is 1. The number of benzene rings is 1. The molecule has 3 heterocycles. The number of carbonyl (C=O) groups excluding carboxylic acids is 1. The molecule has 0 bridgehead atoms. The Kier molecular flexibility index (Phi) is 6.88. The minimum absolute atomic E-state index is 0.0214. The van der Waals surface area contributed by atoms with E-state index in [1.54, 1.807) is 19.2 Å². The molecule has 1 unspecified atom stereocenters. The molecule has 2 aliphatic heterocycles. The average Bonchev–Trinajstić information content (AvgIpc) is 3.21. The molecule has 3 N–H and O–H groups in total. The number of rotatable bonds is 7. The highest BCUT2D eigenvalue weighted by molar-refractivity contribution is 5.89. The zero-order valence-electron chi connectivity index (χ0n) is 18.9. The van der Waals surface area contributed by atoms with Crippen LogP contribution in [0.2, 0.25) is 0 Å². The first-order chi connectivity index (χ1) is 15.4. The number of hydrogen-bond acceptors (Lipinski definition) is 8. The molecule has 1 aromatic heterocycles. The molecular weight excluding hydrogens is 408 g/mol. The lowest BCUT2D eigenvalue weighted by Crippen LogP contribution is -2.44. The third kappa shape index (κ3) is 4.85. The van der Waals surface area contributed by atoms with Crippen molar-refractivity contribution in [3.8, 4) is 0 Å². The number of aliphatic hydroxyl groups excluding tert-OH is 1. The van der Waals surface area contributed by atoms with Crippen molar-refractivity contribution in [1.29, 1.82) is 0 Å². The standard InChI is InChI=1S/C23H32N6O3/c1-15(18-4-6-19(7-5-18)16(2)28-12-10-24-11-13-28)26-22-25-9-8-21(27-22)29-20(17(3)30)14-32-23(29)31/h4-9,15-17,20,24,30H,10-14H2,1-3H3,(H,25,26,27)/t15-,16?,17+,20+/m0/s1. The summed E-state index contributed by atoms with van der Waals surface area (Å²) >= 11 is 0. The Morgan fingerprint density at radius 1 is 1.12 bits per heavy atom. The van der Waals surface area contributed by atoms with Gasteiger partial charge >= 0.3 is 6.09 Å². The minimum atomic E-state index is -0.728. The van der Waals surface area contributed by atoms with Crippen LogP contribution in [-0.2, 0) is 4.74 Å². The van der Waals surface area contributed by atoms with Crippen molar-refractivity contribution >= 4 is 17.9 Å². The molecule has 0 spiro atoms. The van der Waals surface area contributed by atoms with Crippen LogP contribution in [0.5, 0.6) is 0 Å². The van der Waals surface area contributed by atoms with Crippen LogP contribution in [0.3, 0.4) is 0 Å². The molecule has 9 nitrogen and oxygen atoms in total. The van der Waals surface area contributed by atoms with Gasteiger partial charge in [0.1, 0.15) is 18.5 Å². The van der Waals surface area contributed by atoms with Gasteiger partial charge in [-0.1, -0.05) is 24.3 Å². The fourth-order valence-electron chi connectivity index (χ4n) is 4.23. The van der Waals surface area contributed by atoms with Gasteiger partial charge in [0.25, 0.3) is 0 Å². The van der Waals surface area contributed by atoms with E-state index in [9.17, 15) is 9.90 Å². The van der Waals surface area contributed by atoms with Gasteiger partial charge in [-0.2, -0.15) is 4.98 Å². The molecule has 2 aromatic rings. The number of nitrogens with one attached hydrogen (secondary N) is 2. The molecule has 1 aromatic carbocycles. The van der Waals surface area contributed by atoms with Crippen LogP contribution >= 0.6 is 0 Å². The van der Waals surface area contributed by atoms with Gasteiger partial charge in [-0.3, -0.25) is 9.80 Å². The second kappa shape index (κ2) is 9.81. The highest BCUT2D eigenvalue weighted by Gasteiger charge is 2.38. The molecule has 9 heteroatoms. The number of cyclic esters (lactones) is 1. The lowest BCUT2D eigenvalue weighted by Gasteiger charge is -2.33. The molecule has 172 valence electrons. The van der Waals surface area contributed by atoms with Crippen LogP contribution in [0.15, 0.2) is 36.5 Å². The van der Waals surface area contributed by atoms with Gasteiger partial charge < -0.3 is 20.5 Å². The Morgan fingerprint density at radius 2 is 1.81 bits per heavy atom. The maximum atomic E-state index is 12.2. The van der Waals surface area contributed by atoms with E-state index < -0.39 is 18.2 Å². The molecule has 1 amide bonds. The van der Waals surface area contributed by atoms with Crippen molar-refractivity contribution in [2.24, 2.45) is 0 Å². The first-order valence-corrected chi connectivity index (χ1v) is 11.2. The van der Waals surface area contributed by atoms with Gasteiger partial charge in [-0.15, -0.1) is 0 Å². The summed E-state index contributed by atoms with van der Waals surface area (Å²) in [5, 5.41) is 16.7. The zero-order chi connectivity index (χ0) is 22.7. The first kappa shape index (κ1) is 22.4. The lowest BCUT2D eigenvalue weighted by atomic mass is 10.0. The summed E-state index contributed by atoms with van der Waals surface area (Å²) in [6.45, 7) is 10.3. The van der Waals surface area contributed by atoms with Crippen molar-refractivity contribution in [3.63, 3.8) is 0 Å². The van der Waals surface area contributed by atoms with E-state index in [0.29, 0.717) is 17.8 Å². The van der Waals surface area contributed by atoms with E-state index in [4.69, 9.17) is 4.74 Å². The third-order valence-corrected chi connectivity index (χ3v) is 6.31. The summed E-state index contributed by atoms with van der Waals surface area (Å²) in [5.74, 6) is 0.820. The monoisotopic (exact) mass is 440 g/mol. The predicted octanol–water partition coefficient (Wildman–Crippen LogP) is 2.32. The minimum Gasteiger partial charge on any atom is -0.447 e. The molecular formula is C23H32N6O3. The normalized spacial score (nSPS) is 22.3. The van der Waals surface area contributed by atoms with Gasteiger partial charge in [0.2, 0.25) is 5.95 Å². The number of hydrogen-bond donors (Lipinski definition) is 3. The summed E-state index contributed by atoms with van der Waals surface area (Å²) in [6.07, 6.45) is 0.358. The molecule has 4 rings (SSSR count). The van der Waals surface area contributed by atoms with E-state index in [1.165, 1.54) is 10.5 Å². The van der Waals surface area contributed by atoms with Crippen LogP contribution in [0.4, 0.5) is 16.6 Å². The van der Waals surface area contributed by atoms with Crippen molar-refractivity contribution in [2.75, 3.05) is 43.0 Å².